The summed E-state index contributed by atoms with van der Waals surface area (Å²) in [6.45, 7) is -0.395. The van der Waals surface area contributed by atoms with Gasteiger partial charge in [-0.05, 0) is 47.8 Å². The van der Waals surface area contributed by atoms with E-state index in [-0.39, 0.29) is 15.5 Å². The Morgan fingerprint density at radius 3 is 2.37 bits per heavy atom. The highest BCUT2D eigenvalue weighted by Gasteiger charge is 2.24. The zero-order valence-electron chi connectivity index (χ0n) is 15.8. The molecule has 0 unspecified atom stereocenters. The van der Waals surface area contributed by atoms with Crippen molar-refractivity contribution in [3.8, 4) is 0 Å². The minimum atomic E-state index is -3.75. The van der Waals surface area contributed by atoms with E-state index < -0.39 is 28.4 Å². The largest absolute Gasteiger partial charge is 0.324 e. The van der Waals surface area contributed by atoms with Crippen molar-refractivity contribution in [3.63, 3.8) is 0 Å². The molecule has 0 atom stereocenters. The fourth-order valence-corrected chi connectivity index (χ4v) is 5.02. The van der Waals surface area contributed by atoms with Crippen LogP contribution in [0.3, 0.4) is 0 Å². The standard InChI is InChI=1S/C20H18ClN3O4S2/c1-24(30(27,28)19-7-4-12-29-19)13-18(25)23-17-6-3-2-5-16(17)20(26)22-15-10-8-14(21)9-11-15/h2-12H,13H2,1H3,(H,22,26)(H,23,25). The maximum atomic E-state index is 12.6. The highest BCUT2D eigenvalue weighted by molar-refractivity contribution is 7.91. The second kappa shape index (κ2) is 9.40. The molecule has 156 valence electrons. The summed E-state index contributed by atoms with van der Waals surface area (Å²) in [5, 5.41) is 7.53. The smallest absolute Gasteiger partial charge is 0.257 e. The Bertz CT molecular complexity index is 1150. The first-order valence-corrected chi connectivity index (χ1v) is 11.4. The van der Waals surface area contributed by atoms with Crippen LogP contribution < -0.4 is 10.6 Å². The molecule has 10 heteroatoms. The molecule has 3 aromatic rings. The molecule has 7 nitrogen and oxygen atoms in total. The molecule has 0 aliphatic heterocycles. The number of sulfonamides is 1. The van der Waals surface area contributed by atoms with Crippen LogP contribution in [-0.4, -0.2) is 38.1 Å². The van der Waals surface area contributed by atoms with Crippen molar-refractivity contribution in [1.82, 2.24) is 4.31 Å². The van der Waals surface area contributed by atoms with Gasteiger partial charge in [0.2, 0.25) is 5.91 Å². The number of nitrogens with zero attached hydrogens (tertiary/aromatic N) is 1. The van der Waals surface area contributed by atoms with Crippen molar-refractivity contribution in [2.45, 2.75) is 4.21 Å². The highest BCUT2D eigenvalue weighted by Crippen LogP contribution is 2.21. The molecule has 0 spiro atoms. The Labute approximate surface area is 183 Å². The zero-order valence-corrected chi connectivity index (χ0v) is 18.2. The number of para-hydroxylation sites is 1. The lowest BCUT2D eigenvalue weighted by Gasteiger charge is -2.17. The molecule has 0 aliphatic carbocycles. The van der Waals surface area contributed by atoms with Crippen molar-refractivity contribution >= 4 is 56.2 Å². The second-order valence-electron chi connectivity index (χ2n) is 6.25. The van der Waals surface area contributed by atoms with Crippen LogP contribution in [0.2, 0.25) is 5.02 Å². The third-order valence-corrected chi connectivity index (χ3v) is 7.50. The molecular formula is C20H18ClN3O4S2. The average molecular weight is 464 g/mol. The van der Waals surface area contributed by atoms with Gasteiger partial charge < -0.3 is 10.6 Å². The van der Waals surface area contributed by atoms with Gasteiger partial charge in [-0.2, -0.15) is 4.31 Å². The van der Waals surface area contributed by atoms with E-state index in [0.29, 0.717) is 10.7 Å². The highest BCUT2D eigenvalue weighted by atomic mass is 35.5. The molecule has 0 saturated carbocycles. The van der Waals surface area contributed by atoms with Gasteiger partial charge in [0.25, 0.3) is 15.9 Å². The van der Waals surface area contributed by atoms with E-state index in [2.05, 4.69) is 10.6 Å². The van der Waals surface area contributed by atoms with Gasteiger partial charge in [0.1, 0.15) is 4.21 Å². The number of hydrogen-bond donors (Lipinski definition) is 2. The van der Waals surface area contributed by atoms with E-state index >= 15 is 0 Å². The summed E-state index contributed by atoms with van der Waals surface area (Å²) in [5.74, 6) is -0.989. The van der Waals surface area contributed by atoms with E-state index in [1.165, 1.54) is 13.1 Å². The first kappa shape index (κ1) is 22.0. The Morgan fingerprint density at radius 2 is 1.70 bits per heavy atom. The SMILES string of the molecule is CN(CC(=O)Nc1ccccc1C(=O)Nc1ccc(Cl)cc1)S(=O)(=O)c1cccs1. The van der Waals surface area contributed by atoms with Crippen LogP contribution in [0.5, 0.6) is 0 Å². The lowest BCUT2D eigenvalue weighted by molar-refractivity contribution is -0.116. The van der Waals surface area contributed by atoms with Crippen molar-refractivity contribution in [2.75, 3.05) is 24.2 Å². The van der Waals surface area contributed by atoms with Crippen LogP contribution >= 0.6 is 22.9 Å². The number of carbonyl (C=O) groups is 2. The molecule has 1 heterocycles. The van der Waals surface area contributed by atoms with Gasteiger partial charge in [-0.1, -0.05) is 29.8 Å². The summed E-state index contributed by atoms with van der Waals surface area (Å²) in [7, 11) is -2.43. The minimum absolute atomic E-state index is 0.153. The van der Waals surface area contributed by atoms with E-state index in [4.69, 9.17) is 11.6 Å². The molecule has 2 aromatic carbocycles. The first-order chi connectivity index (χ1) is 14.3. The minimum Gasteiger partial charge on any atom is -0.324 e. The first-order valence-electron chi connectivity index (χ1n) is 8.73. The topological polar surface area (TPSA) is 95.6 Å². The maximum absolute atomic E-state index is 12.6. The number of halogens is 1. The van der Waals surface area contributed by atoms with E-state index in [9.17, 15) is 18.0 Å². The molecule has 3 rings (SSSR count). The maximum Gasteiger partial charge on any atom is 0.257 e. The molecule has 2 N–H and O–H groups in total. The monoisotopic (exact) mass is 463 g/mol. The lowest BCUT2D eigenvalue weighted by Crippen LogP contribution is -2.35. The molecule has 0 radical (unpaired) electrons. The summed E-state index contributed by atoms with van der Waals surface area (Å²) < 4.78 is 26.0. The number of hydrogen-bond acceptors (Lipinski definition) is 5. The number of anilines is 2. The van der Waals surface area contributed by atoms with E-state index in [0.717, 1.165) is 15.6 Å². The number of amides is 2. The predicted molar refractivity (Wildman–Crippen MR) is 119 cm³/mol. The fraction of sp³-hybridized carbons (Fsp3) is 0.100. The molecule has 2 amide bonds. The van der Waals surface area contributed by atoms with E-state index in [1.54, 1.807) is 60.0 Å². The van der Waals surface area contributed by atoms with Gasteiger partial charge in [-0.25, -0.2) is 8.42 Å². The molecule has 0 saturated heterocycles. The number of benzene rings is 2. The third-order valence-electron chi connectivity index (χ3n) is 4.07. The number of nitrogens with one attached hydrogen (secondary N) is 2. The molecule has 0 bridgehead atoms. The predicted octanol–water partition coefficient (Wildman–Crippen LogP) is 3.91. The molecule has 0 aliphatic rings. The molecular weight excluding hydrogens is 446 g/mol. The van der Waals surface area contributed by atoms with Crippen LogP contribution in [0.1, 0.15) is 10.4 Å². The van der Waals surface area contributed by atoms with Crippen molar-refractivity contribution in [2.24, 2.45) is 0 Å². The number of carbonyl (C=O) groups excluding carboxylic acids is 2. The quantitative estimate of drug-likeness (QED) is 0.555. The number of thiophene rings is 1. The normalized spacial score (nSPS) is 11.3. The summed E-state index contributed by atoms with van der Waals surface area (Å²) in [6.07, 6.45) is 0. The number of likely N-dealkylation sites (N-methyl/N-ethyl adjacent to an activating group) is 1. The average Bonchev–Trinajstić information content (AvgIpc) is 3.25. The van der Waals surface area contributed by atoms with Crippen molar-refractivity contribution in [1.29, 1.82) is 0 Å². The van der Waals surface area contributed by atoms with Crippen LogP contribution in [0.15, 0.2) is 70.3 Å². The van der Waals surface area contributed by atoms with Crippen LogP contribution in [0.25, 0.3) is 0 Å². The Hall–Kier alpha value is -2.72. The molecule has 30 heavy (non-hydrogen) atoms. The second-order valence-corrected chi connectivity index (χ2v) is 9.90. The summed E-state index contributed by atoms with van der Waals surface area (Å²) in [5.41, 5.74) is 1.06. The zero-order chi connectivity index (χ0) is 21.7. The Balaban J connectivity index is 1.70. The van der Waals surface area contributed by atoms with Crippen LogP contribution in [-0.2, 0) is 14.8 Å². The van der Waals surface area contributed by atoms with Gasteiger partial charge in [0.15, 0.2) is 0 Å². The lowest BCUT2D eigenvalue weighted by atomic mass is 10.1. The number of rotatable bonds is 7. The van der Waals surface area contributed by atoms with Gasteiger partial charge >= 0.3 is 0 Å². The summed E-state index contributed by atoms with van der Waals surface area (Å²) in [4.78, 5) is 25.1. The Morgan fingerprint density at radius 1 is 1.00 bits per heavy atom. The van der Waals surface area contributed by atoms with Crippen LogP contribution in [0, 0.1) is 0 Å². The molecule has 1 aromatic heterocycles. The Kier molecular flexibility index (Phi) is 6.88. The van der Waals surface area contributed by atoms with Gasteiger partial charge in [-0.15, -0.1) is 11.3 Å². The van der Waals surface area contributed by atoms with Gasteiger partial charge in [0, 0.05) is 17.8 Å². The van der Waals surface area contributed by atoms with Crippen molar-refractivity contribution in [3.05, 3.63) is 76.6 Å². The summed E-state index contributed by atoms with van der Waals surface area (Å²) in [6, 6.07) is 16.2. The molecule has 0 fully saturated rings. The third kappa shape index (κ3) is 5.25. The summed E-state index contributed by atoms with van der Waals surface area (Å²) >= 11 is 6.92. The van der Waals surface area contributed by atoms with Gasteiger partial charge in [0.05, 0.1) is 17.8 Å². The van der Waals surface area contributed by atoms with E-state index in [1.807, 2.05) is 0 Å². The fourth-order valence-electron chi connectivity index (χ4n) is 2.56. The van der Waals surface area contributed by atoms with Crippen LogP contribution in [0.4, 0.5) is 11.4 Å². The van der Waals surface area contributed by atoms with Crippen molar-refractivity contribution < 1.29 is 18.0 Å². The van der Waals surface area contributed by atoms with Gasteiger partial charge in [-0.3, -0.25) is 9.59 Å².